The third-order valence-corrected chi connectivity index (χ3v) is 8.19. The summed E-state index contributed by atoms with van der Waals surface area (Å²) in [5.74, 6) is 1.06. The van der Waals surface area contributed by atoms with Crippen LogP contribution in [0.3, 0.4) is 0 Å². The zero-order chi connectivity index (χ0) is 27.3. The molecule has 1 saturated carbocycles. The summed E-state index contributed by atoms with van der Waals surface area (Å²) in [6.07, 6.45) is 7.23. The van der Waals surface area contributed by atoms with E-state index in [9.17, 15) is 4.79 Å². The topological polar surface area (TPSA) is 84.1 Å². The third kappa shape index (κ3) is 5.03. The van der Waals surface area contributed by atoms with E-state index in [-0.39, 0.29) is 11.9 Å². The van der Waals surface area contributed by atoms with Crippen LogP contribution < -0.4 is 10.2 Å². The molecule has 2 aliphatic rings. The second kappa shape index (κ2) is 10.1. The van der Waals surface area contributed by atoms with Crippen LogP contribution in [0.1, 0.15) is 53.5 Å². The Bertz CT molecular complexity index is 1530. The van der Waals surface area contributed by atoms with Crippen molar-refractivity contribution in [2.45, 2.75) is 45.1 Å². The van der Waals surface area contributed by atoms with Gasteiger partial charge in [0.15, 0.2) is 0 Å². The van der Waals surface area contributed by atoms with Crippen molar-refractivity contribution in [1.29, 1.82) is 0 Å². The molecule has 204 valence electrons. The normalized spacial score (nSPS) is 17.7. The summed E-state index contributed by atoms with van der Waals surface area (Å²) in [5, 5.41) is 7.75. The number of likely N-dealkylation sites (N-methyl/N-ethyl adjacent to an activating group) is 2. The number of benzene rings is 1. The molecule has 1 aliphatic heterocycles. The number of hydrogen-bond acceptors (Lipinski definition) is 6. The van der Waals surface area contributed by atoms with Crippen LogP contribution in [0.25, 0.3) is 22.3 Å². The van der Waals surface area contributed by atoms with Crippen LogP contribution in [-0.4, -0.2) is 69.4 Å². The van der Waals surface area contributed by atoms with Crippen LogP contribution in [0.15, 0.2) is 36.5 Å². The molecule has 6 rings (SSSR count). The average molecular weight is 527 g/mol. The van der Waals surface area contributed by atoms with Crippen LogP contribution in [0, 0.1) is 12.8 Å². The molecular formula is C30H38N8O. The summed E-state index contributed by atoms with van der Waals surface area (Å²) in [5.41, 5.74) is 7.49. The molecule has 9 nitrogen and oxygen atoms in total. The van der Waals surface area contributed by atoms with E-state index in [1.807, 2.05) is 37.0 Å². The Morgan fingerprint density at radius 3 is 2.64 bits per heavy atom. The number of amides is 1. The summed E-state index contributed by atoms with van der Waals surface area (Å²) in [4.78, 5) is 27.9. The van der Waals surface area contributed by atoms with Crippen LogP contribution in [0.4, 0.5) is 11.6 Å². The Kier molecular flexibility index (Phi) is 6.62. The molecule has 1 amide bonds. The lowest BCUT2D eigenvalue weighted by molar-refractivity contribution is 0.102. The number of nitrogens with one attached hydrogen (secondary N) is 1. The van der Waals surface area contributed by atoms with Gasteiger partial charge in [-0.15, -0.1) is 0 Å². The van der Waals surface area contributed by atoms with Crippen molar-refractivity contribution in [2.75, 3.05) is 44.4 Å². The van der Waals surface area contributed by atoms with Gasteiger partial charge in [0.05, 0.1) is 22.9 Å². The Balaban J connectivity index is 1.46. The molecule has 1 atom stereocenters. The van der Waals surface area contributed by atoms with Gasteiger partial charge in [0.25, 0.3) is 5.91 Å². The van der Waals surface area contributed by atoms with E-state index >= 15 is 0 Å². The quantitative estimate of drug-likeness (QED) is 0.407. The van der Waals surface area contributed by atoms with Crippen molar-refractivity contribution in [3.63, 3.8) is 0 Å². The number of aromatic nitrogens is 5. The van der Waals surface area contributed by atoms with Gasteiger partial charge >= 0.3 is 0 Å². The van der Waals surface area contributed by atoms with E-state index in [0.717, 1.165) is 71.7 Å². The molecule has 1 N–H and O–H groups in total. The molecule has 0 spiro atoms. The van der Waals surface area contributed by atoms with Gasteiger partial charge in [0.1, 0.15) is 0 Å². The van der Waals surface area contributed by atoms with Gasteiger partial charge in [0, 0.05) is 61.4 Å². The Morgan fingerprint density at radius 2 is 1.87 bits per heavy atom. The summed E-state index contributed by atoms with van der Waals surface area (Å²) in [6, 6.07) is 10.5. The first-order valence-electron chi connectivity index (χ1n) is 14.0. The fourth-order valence-electron chi connectivity index (χ4n) is 5.84. The summed E-state index contributed by atoms with van der Waals surface area (Å²) < 4.78 is 4.28. The highest BCUT2D eigenvalue weighted by atomic mass is 16.1. The lowest BCUT2D eigenvalue weighted by atomic mass is 10.0. The van der Waals surface area contributed by atoms with Gasteiger partial charge in [-0.1, -0.05) is 0 Å². The lowest BCUT2D eigenvalue weighted by Gasteiger charge is -2.24. The number of fused-ring (bicyclic) bond motifs is 7. The fourth-order valence-corrected chi connectivity index (χ4v) is 5.84. The van der Waals surface area contributed by atoms with Crippen LogP contribution in [0.2, 0.25) is 0 Å². The SMILES string of the molecule is Cc1cc2cc(n1)-c1cnn(C)c1CCCC(C1CC1)n1c(nc3ccc(N(C)CCN(C)C)cc31)NC2=O. The zero-order valence-corrected chi connectivity index (χ0v) is 23.6. The van der Waals surface area contributed by atoms with Gasteiger partial charge in [-0.05, 0) is 89.4 Å². The smallest absolute Gasteiger partial charge is 0.258 e. The molecule has 1 aliphatic carbocycles. The van der Waals surface area contributed by atoms with Crippen molar-refractivity contribution < 1.29 is 4.79 Å². The molecular weight excluding hydrogens is 488 g/mol. The first kappa shape index (κ1) is 25.6. The predicted octanol–water partition coefficient (Wildman–Crippen LogP) is 4.68. The van der Waals surface area contributed by atoms with Crippen molar-refractivity contribution in [1.82, 2.24) is 29.2 Å². The monoisotopic (exact) mass is 526 g/mol. The minimum Gasteiger partial charge on any atom is -0.373 e. The largest absolute Gasteiger partial charge is 0.373 e. The highest BCUT2D eigenvalue weighted by Crippen LogP contribution is 2.45. The number of hydrogen-bond donors (Lipinski definition) is 1. The number of nitrogens with zero attached hydrogens (tertiary/aromatic N) is 7. The van der Waals surface area contributed by atoms with Crippen molar-refractivity contribution >= 4 is 28.6 Å². The molecule has 4 heterocycles. The van der Waals surface area contributed by atoms with Crippen molar-refractivity contribution in [3.05, 3.63) is 53.5 Å². The summed E-state index contributed by atoms with van der Waals surface area (Å²) in [7, 11) is 8.32. The van der Waals surface area contributed by atoms with E-state index in [4.69, 9.17) is 9.97 Å². The van der Waals surface area contributed by atoms with E-state index in [1.54, 1.807) is 0 Å². The molecule has 3 aromatic heterocycles. The van der Waals surface area contributed by atoms with E-state index < -0.39 is 0 Å². The van der Waals surface area contributed by atoms with Crippen molar-refractivity contribution in [2.24, 2.45) is 13.0 Å². The second-order valence-corrected chi connectivity index (χ2v) is 11.5. The maximum atomic E-state index is 13.7. The summed E-state index contributed by atoms with van der Waals surface area (Å²) >= 11 is 0. The molecule has 0 saturated heterocycles. The predicted molar refractivity (Wildman–Crippen MR) is 155 cm³/mol. The van der Waals surface area contributed by atoms with Gasteiger partial charge in [-0.25, -0.2) is 4.98 Å². The molecule has 9 heteroatoms. The fraction of sp³-hybridized carbons (Fsp3) is 0.467. The first-order chi connectivity index (χ1) is 18.8. The molecule has 39 heavy (non-hydrogen) atoms. The van der Waals surface area contributed by atoms with Gasteiger partial charge in [0.2, 0.25) is 5.95 Å². The number of carbonyl (C=O) groups excluding carboxylic acids is 1. The highest BCUT2D eigenvalue weighted by molar-refractivity contribution is 6.05. The number of pyridine rings is 1. The molecule has 1 unspecified atom stereocenters. The second-order valence-electron chi connectivity index (χ2n) is 11.5. The Morgan fingerprint density at radius 1 is 1.05 bits per heavy atom. The van der Waals surface area contributed by atoms with E-state index in [2.05, 4.69) is 64.1 Å². The third-order valence-electron chi connectivity index (χ3n) is 8.19. The number of carbonyl (C=O) groups is 1. The first-order valence-corrected chi connectivity index (χ1v) is 14.0. The zero-order valence-electron chi connectivity index (χ0n) is 23.6. The Hall–Kier alpha value is -3.72. The van der Waals surface area contributed by atoms with Crippen molar-refractivity contribution in [3.8, 4) is 11.3 Å². The average Bonchev–Trinajstić information content (AvgIpc) is 3.59. The number of rotatable bonds is 5. The van der Waals surface area contributed by atoms with Crippen LogP contribution >= 0.6 is 0 Å². The van der Waals surface area contributed by atoms with Gasteiger partial charge in [-0.2, -0.15) is 5.10 Å². The standard InChI is InChI=1S/C30H38N8O/c1-19-15-21-16-25(32-19)23-18-31-37(5)27(23)8-6-7-26(20-9-10-20)38-28-17-22(36(4)14-13-35(2)3)11-12-24(28)33-30(38)34-29(21)39/h11-12,15-18,20,26H,6-10,13-14H2,1-5H3,(H,33,34,39). The lowest BCUT2D eigenvalue weighted by Crippen LogP contribution is -2.28. The van der Waals surface area contributed by atoms with Crippen LogP contribution in [-0.2, 0) is 13.5 Å². The number of imidazole rings is 1. The minimum atomic E-state index is -0.166. The number of aryl methyl sites for hydroxylation is 2. The molecule has 4 aromatic rings. The molecule has 1 aromatic carbocycles. The molecule has 0 radical (unpaired) electrons. The Labute approximate surface area is 229 Å². The molecule has 2 bridgehead atoms. The highest BCUT2D eigenvalue weighted by Gasteiger charge is 2.35. The van der Waals surface area contributed by atoms with E-state index in [1.165, 1.54) is 12.8 Å². The van der Waals surface area contributed by atoms with Gasteiger partial charge < -0.3 is 14.4 Å². The van der Waals surface area contributed by atoms with Gasteiger partial charge in [-0.3, -0.25) is 19.8 Å². The van der Waals surface area contributed by atoms with E-state index in [0.29, 0.717) is 17.4 Å². The summed E-state index contributed by atoms with van der Waals surface area (Å²) in [6.45, 7) is 3.84. The maximum Gasteiger partial charge on any atom is 0.258 e. The van der Waals surface area contributed by atoms with Crippen LogP contribution in [0.5, 0.6) is 0 Å². The molecule has 1 fully saturated rings. The minimum absolute atomic E-state index is 0.166. The maximum absolute atomic E-state index is 13.7. The number of anilines is 2.